The van der Waals surface area contributed by atoms with Crippen LogP contribution in [0.15, 0.2) is 71.6 Å². The van der Waals surface area contributed by atoms with E-state index in [-0.39, 0.29) is 36.1 Å². The number of hydrogen-bond donors (Lipinski definition) is 1. The molecular formula is C39H54N2O8S. The van der Waals surface area contributed by atoms with Crippen molar-refractivity contribution in [2.45, 2.75) is 82.3 Å². The third kappa shape index (κ3) is 9.85. The van der Waals surface area contributed by atoms with Gasteiger partial charge in [-0.2, -0.15) is 4.31 Å². The van der Waals surface area contributed by atoms with Gasteiger partial charge in [0.05, 0.1) is 49.2 Å². The Balaban J connectivity index is 1.39. The van der Waals surface area contributed by atoms with Gasteiger partial charge in [-0.15, -0.1) is 0 Å². The van der Waals surface area contributed by atoms with Crippen LogP contribution >= 0.6 is 0 Å². The van der Waals surface area contributed by atoms with Gasteiger partial charge in [0.1, 0.15) is 12.4 Å². The van der Waals surface area contributed by atoms with E-state index < -0.39 is 16.1 Å². The summed E-state index contributed by atoms with van der Waals surface area (Å²) >= 11 is 0. The molecule has 1 N–H and O–H groups in total. The third-order valence-electron chi connectivity index (χ3n) is 9.54. The minimum Gasteiger partial charge on any atom is -0.490 e. The fourth-order valence-corrected chi connectivity index (χ4v) is 8.54. The van der Waals surface area contributed by atoms with Crippen molar-refractivity contribution < 1.29 is 37.2 Å². The maximum absolute atomic E-state index is 14.1. The molecule has 0 amide bonds. The first kappa shape index (κ1) is 38.2. The second kappa shape index (κ2) is 18.5. The van der Waals surface area contributed by atoms with Crippen LogP contribution in [0.25, 0.3) is 0 Å². The lowest BCUT2D eigenvalue weighted by atomic mass is 9.83. The van der Waals surface area contributed by atoms with Crippen molar-refractivity contribution >= 4 is 15.7 Å². The number of aliphatic hydroxyl groups is 1. The van der Waals surface area contributed by atoms with Gasteiger partial charge in [-0.3, -0.25) is 0 Å². The van der Waals surface area contributed by atoms with E-state index in [1.165, 1.54) is 0 Å². The molecular weight excluding hydrogens is 657 g/mol. The number of hydrogen-bond acceptors (Lipinski definition) is 9. The number of nitrogens with zero attached hydrogens (tertiary/aromatic N) is 2. The maximum Gasteiger partial charge on any atom is 0.243 e. The highest BCUT2D eigenvalue weighted by Crippen LogP contribution is 2.39. The zero-order valence-corrected chi connectivity index (χ0v) is 30.8. The number of aryl methyl sites for hydroxylation is 1. The van der Waals surface area contributed by atoms with Crippen LogP contribution in [0, 0.1) is 6.92 Å². The highest BCUT2D eigenvalue weighted by molar-refractivity contribution is 7.89. The van der Waals surface area contributed by atoms with Crippen LogP contribution in [-0.4, -0.2) is 95.9 Å². The largest absolute Gasteiger partial charge is 0.490 e. The lowest BCUT2D eigenvalue weighted by Crippen LogP contribution is -2.52. The van der Waals surface area contributed by atoms with E-state index in [1.807, 2.05) is 45.0 Å². The van der Waals surface area contributed by atoms with Crippen LogP contribution < -0.4 is 9.64 Å². The molecule has 0 aromatic heterocycles. The van der Waals surface area contributed by atoms with Crippen LogP contribution in [-0.2, 0) is 42.2 Å². The molecule has 274 valence electrons. The zero-order valence-electron chi connectivity index (χ0n) is 30.0. The quantitative estimate of drug-likeness (QED) is 0.167. The summed E-state index contributed by atoms with van der Waals surface area (Å²) in [5.74, 6) is 0.766. The van der Waals surface area contributed by atoms with Crippen molar-refractivity contribution in [2.24, 2.45) is 0 Å². The molecule has 11 heteroatoms. The molecule has 0 aliphatic carbocycles. The first-order valence-corrected chi connectivity index (χ1v) is 19.3. The van der Waals surface area contributed by atoms with Crippen molar-refractivity contribution in [2.75, 3.05) is 64.7 Å². The number of rotatable bonds is 18. The minimum absolute atomic E-state index is 0.0309. The van der Waals surface area contributed by atoms with E-state index in [9.17, 15) is 13.5 Å². The fraction of sp³-hybridized carbons (Fsp3) is 0.538. The predicted molar refractivity (Wildman–Crippen MR) is 194 cm³/mol. The third-order valence-corrected chi connectivity index (χ3v) is 11.5. The standard InChI is InChI=1S/C39H54N2O8S/c1-5-47-30(3)26-46-27-31-9-12-33(13-10-31)36-24-34(17-20-42)41(50(43,44)35-14-7-29(2)8-15-35)25-39(36)49-28-32-11-16-38-37(23-32)40(19-22-48-38)18-6-21-45-4/h7-16,23,30,34,36,39,42H,5-6,17-22,24-28H2,1-4H3/t30?,34-,36+,39-/m0/s1. The summed E-state index contributed by atoms with van der Waals surface area (Å²) in [7, 11) is -2.13. The molecule has 2 aliphatic heterocycles. The molecule has 0 bridgehead atoms. The van der Waals surface area contributed by atoms with Crippen LogP contribution in [0.4, 0.5) is 5.69 Å². The summed E-state index contributed by atoms with van der Waals surface area (Å²) in [4.78, 5) is 2.57. The summed E-state index contributed by atoms with van der Waals surface area (Å²) < 4.78 is 59.2. The van der Waals surface area contributed by atoms with E-state index in [1.54, 1.807) is 23.5 Å². The van der Waals surface area contributed by atoms with Gasteiger partial charge in [-0.1, -0.05) is 48.0 Å². The molecule has 50 heavy (non-hydrogen) atoms. The zero-order chi connectivity index (χ0) is 35.5. The number of sulfonamides is 1. The Morgan fingerprint density at radius 1 is 1.02 bits per heavy atom. The van der Waals surface area contributed by atoms with Crippen LogP contribution in [0.2, 0.25) is 0 Å². The molecule has 1 saturated heterocycles. The van der Waals surface area contributed by atoms with Gasteiger partial charge in [0, 0.05) is 52.0 Å². The van der Waals surface area contributed by atoms with Crippen LogP contribution in [0.5, 0.6) is 5.75 Å². The normalized spacial score (nSPS) is 20.3. The van der Waals surface area contributed by atoms with Gasteiger partial charge in [0.15, 0.2) is 0 Å². The van der Waals surface area contributed by atoms with Crippen molar-refractivity contribution in [3.05, 3.63) is 89.0 Å². The molecule has 1 fully saturated rings. The number of methoxy groups -OCH3 is 1. The fourth-order valence-electron chi connectivity index (χ4n) is 6.87. The first-order chi connectivity index (χ1) is 24.2. The number of benzene rings is 3. The molecule has 1 unspecified atom stereocenters. The van der Waals surface area contributed by atoms with Gasteiger partial charge in [-0.25, -0.2) is 8.42 Å². The molecule has 0 radical (unpaired) electrons. The van der Waals surface area contributed by atoms with E-state index in [2.05, 4.69) is 35.2 Å². The summed E-state index contributed by atoms with van der Waals surface area (Å²) in [6, 6.07) is 21.0. The number of fused-ring (bicyclic) bond motifs is 1. The summed E-state index contributed by atoms with van der Waals surface area (Å²) in [6.07, 6.45) is 1.37. The Bertz CT molecular complexity index is 1580. The first-order valence-electron chi connectivity index (χ1n) is 17.8. The number of aliphatic hydroxyl groups excluding tert-OH is 1. The summed E-state index contributed by atoms with van der Waals surface area (Å²) in [5, 5.41) is 10.1. The predicted octanol–water partition coefficient (Wildman–Crippen LogP) is 5.69. The smallest absolute Gasteiger partial charge is 0.243 e. The highest BCUT2D eigenvalue weighted by Gasteiger charge is 2.42. The van der Waals surface area contributed by atoms with E-state index in [0.29, 0.717) is 52.5 Å². The maximum atomic E-state index is 14.1. The molecule has 0 spiro atoms. The average molecular weight is 711 g/mol. The average Bonchev–Trinajstić information content (AvgIpc) is 3.12. The van der Waals surface area contributed by atoms with Crippen molar-refractivity contribution in [3.8, 4) is 5.75 Å². The Kier molecular flexibility index (Phi) is 14.1. The molecule has 5 rings (SSSR count). The molecule has 10 nitrogen and oxygen atoms in total. The molecule has 3 aromatic carbocycles. The molecule has 2 aliphatic rings. The van der Waals surface area contributed by atoms with Gasteiger partial charge in [0.2, 0.25) is 10.0 Å². The van der Waals surface area contributed by atoms with E-state index in [4.69, 9.17) is 23.7 Å². The molecule has 0 saturated carbocycles. The van der Waals surface area contributed by atoms with Crippen molar-refractivity contribution in [1.82, 2.24) is 4.31 Å². The second-order valence-electron chi connectivity index (χ2n) is 13.3. The lowest BCUT2D eigenvalue weighted by Gasteiger charge is -2.43. The summed E-state index contributed by atoms with van der Waals surface area (Å²) in [6.45, 7) is 10.9. The number of anilines is 1. The lowest BCUT2D eigenvalue weighted by molar-refractivity contribution is -0.0225. The second-order valence-corrected chi connectivity index (χ2v) is 15.1. The molecule has 3 aromatic rings. The van der Waals surface area contributed by atoms with E-state index >= 15 is 0 Å². The van der Waals surface area contributed by atoms with Gasteiger partial charge < -0.3 is 33.7 Å². The van der Waals surface area contributed by atoms with Gasteiger partial charge >= 0.3 is 0 Å². The topological polar surface area (TPSA) is 107 Å². The Labute approximate surface area is 298 Å². The minimum atomic E-state index is -3.85. The van der Waals surface area contributed by atoms with Gasteiger partial charge in [0.25, 0.3) is 0 Å². The van der Waals surface area contributed by atoms with Gasteiger partial charge in [-0.05, 0) is 81.0 Å². The monoisotopic (exact) mass is 710 g/mol. The molecule has 4 atom stereocenters. The van der Waals surface area contributed by atoms with Crippen LogP contribution in [0.3, 0.4) is 0 Å². The van der Waals surface area contributed by atoms with Crippen molar-refractivity contribution in [3.63, 3.8) is 0 Å². The highest BCUT2D eigenvalue weighted by atomic mass is 32.2. The number of ether oxygens (including phenoxy) is 5. The Morgan fingerprint density at radius 3 is 2.50 bits per heavy atom. The van der Waals surface area contributed by atoms with Crippen molar-refractivity contribution in [1.29, 1.82) is 0 Å². The SMILES string of the molecule is CCOC(C)COCc1ccc([C@H]2C[C@H](CCO)N(S(=O)(=O)c3ccc(C)cc3)C[C@@H]2OCc2ccc3c(c2)N(CCCOC)CCO3)cc1. The van der Waals surface area contributed by atoms with E-state index in [0.717, 1.165) is 53.2 Å². The molecule has 2 heterocycles. The number of piperidine rings is 1. The Morgan fingerprint density at radius 2 is 1.78 bits per heavy atom. The summed E-state index contributed by atoms with van der Waals surface area (Å²) in [5.41, 5.74) is 5.13. The Hall–Kier alpha value is -3.03. The van der Waals surface area contributed by atoms with Crippen LogP contribution in [0.1, 0.15) is 61.3 Å².